The number of ether oxygens (including phenoxy) is 1. The number of benzene rings is 2. The molecule has 1 fully saturated rings. The highest BCUT2D eigenvalue weighted by Crippen LogP contribution is 2.34. The lowest BCUT2D eigenvalue weighted by atomic mass is 10.1. The summed E-state index contributed by atoms with van der Waals surface area (Å²) in [5.74, 6) is 0.467. The zero-order valence-corrected chi connectivity index (χ0v) is 17.9. The van der Waals surface area contributed by atoms with Gasteiger partial charge in [-0.25, -0.2) is 19.0 Å². The number of piperidine rings is 1. The molecule has 2 aromatic heterocycles. The van der Waals surface area contributed by atoms with Crippen molar-refractivity contribution in [2.75, 3.05) is 13.1 Å². The molecule has 0 N–H and O–H groups in total. The molecule has 7 nitrogen and oxygen atoms in total. The van der Waals surface area contributed by atoms with Crippen molar-refractivity contribution >= 4 is 16.9 Å². The number of halogens is 1. The van der Waals surface area contributed by atoms with Crippen molar-refractivity contribution < 1.29 is 13.9 Å². The van der Waals surface area contributed by atoms with Crippen molar-refractivity contribution in [3.63, 3.8) is 0 Å². The number of rotatable bonds is 5. The fourth-order valence-electron chi connectivity index (χ4n) is 4.19. The summed E-state index contributed by atoms with van der Waals surface area (Å²) >= 11 is 0. The van der Waals surface area contributed by atoms with Crippen molar-refractivity contribution in [3.05, 3.63) is 79.5 Å². The molecule has 2 aromatic carbocycles. The molecule has 0 unspecified atom stereocenters. The molecule has 5 rings (SSSR count). The zero-order chi connectivity index (χ0) is 22.8. The molecule has 0 saturated carbocycles. The number of para-hydroxylation sites is 1. The molecule has 33 heavy (non-hydrogen) atoms. The van der Waals surface area contributed by atoms with Gasteiger partial charge >= 0.3 is 0 Å². The molecule has 0 bridgehead atoms. The third kappa shape index (κ3) is 4.07. The van der Waals surface area contributed by atoms with E-state index in [1.165, 1.54) is 18.5 Å². The number of aromatic nitrogens is 4. The SMILES string of the molecule is C=CC(=O)N1CCC[C@@H](n2nc(-c3ccc(Oc4ccccc4)cc3F)c3cncnc32)C1. The third-order valence-electron chi connectivity index (χ3n) is 5.77. The maximum atomic E-state index is 15.2. The largest absolute Gasteiger partial charge is 0.457 e. The Morgan fingerprint density at radius 1 is 1.18 bits per heavy atom. The van der Waals surface area contributed by atoms with E-state index in [1.54, 1.807) is 27.9 Å². The monoisotopic (exact) mass is 443 g/mol. The first-order chi connectivity index (χ1) is 16.1. The lowest BCUT2D eigenvalue weighted by Gasteiger charge is -2.32. The number of hydrogen-bond donors (Lipinski definition) is 0. The van der Waals surface area contributed by atoms with Crippen LogP contribution in [0.1, 0.15) is 18.9 Å². The molecule has 4 aromatic rings. The van der Waals surface area contributed by atoms with E-state index in [-0.39, 0.29) is 11.9 Å². The highest BCUT2D eigenvalue weighted by molar-refractivity contribution is 5.91. The molecule has 0 spiro atoms. The molecule has 1 aliphatic heterocycles. The molecule has 8 heteroatoms. The van der Waals surface area contributed by atoms with Crippen LogP contribution in [0.2, 0.25) is 0 Å². The fraction of sp³-hybridized carbons (Fsp3) is 0.200. The quantitative estimate of drug-likeness (QED) is 0.415. The number of amides is 1. The highest BCUT2D eigenvalue weighted by Gasteiger charge is 2.27. The molecular formula is C25H22FN5O2. The van der Waals surface area contributed by atoms with Crippen LogP contribution in [0, 0.1) is 5.82 Å². The van der Waals surface area contributed by atoms with Crippen LogP contribution in [0.5, 0.6) is 11.5 Å². The zero-order valence-electron chi connectivity index (χ0n) is 17.9. The molecule has 166 valence electrons. The Kier molecular flexibility index (Phi) is 5.56. The van der Waals surface area contributed by atoms with Crippen LogP contribution in [0.15, 0.2) is 73.7 Å². The lowest BCUT2D eigenvalue weighted by molar-refractivity contribution is -0.127. The van der Waals surface area contributed by atoms with Crippen LogP contribution in [-0.2, 0) is 4.79 Å². The van der Waals surface area contributed by atoms with E-state index in [9.17, 15) is 4.79 Å². The van der Waals surface area contributed by atoms with E-state index in [1.807, 2.05) is 30.3 Å². The Labute approximate surface area is 190 Å². The van der Waals surface area contributed by atoms with Gasteiger partial charge in [0.2, 0.25) is 5.91 Å². The van der Waals surface area contributed by atoms with E-state index < -0.39 is 5.82 Å². The molecule has 3 heterocycles. The van der Waals surface area contributed by atoms with Gasteiger partial charge in [-0.3, -0.25) is 4.79 Å². The van der Waals surface area contributed by atoms with Gasteiger partial charge in [0.25, 0.3) is 0 Å². The third-order valence-corrected chi connectivity index (χ3v) is 5.77. The van der Waals surface area contributed by atoms with E-state index >= 15 is 4.39 Å². The van der Waals surface area contributed by atoms with Gasteiger partial charge in [0.15, 0.2) is 5.65 Å². The first-order valence-electron chi connectivity index (χ1n) is 10.8. The summed E-state index contributed by atoms with van der Waals surface area (Å²) in [6.45, 7) is 4.76. The number of likely N-dealkylation sites (tertiary alicyclic amines) is 1. The van der Waals surface area contributed by atoms with Gasteiger partial charge in [-0.05, 0) is 43.2 Å². The van der Waals surface area contributed by atoms with Crippen molar-refractivity contribution in [2.24, 2.45) is 0 Å². The Hall–Kier alpha value is -4.07. The summed E-state index contributed by atoms with van der Waals surface area (Å²) in [5, 5.41) is 5.40. The second-order valence-corrected chi connectivity index (χ2v) is 7.89. The summed E-state index contributed by atoms with van der Waals surface area (Å²) in [4.78, 5) is 22.4. The van der Waals surface area contributed by atoms with Gasteiger partial charge < -0.3 is 9.64 Å². The first-order valence-corrected chi connectivity index (χ1v) is 10.8. The van der Waals surface area contributed by atoms with Crippen LogP contribution in [-0.4, -0.2) is 43.6 Å². The van der Waals surface area contributed by atoms with E-state index in [0.29, 0.717) is 46.9 Å². The fourth-order valence-corrected chi connectivity index (χ4v) is 4.19. The minimum absolute atomic E-state index is 0.0717. The maximum Gasteiger partial charge on any atom is 0.246 e. The normalized spacial score (nSPS) is 16.0. The smallest absolute Gasteiger partial charge is 0.246 e. The van der Waals surface area contributed by atoms with Crippen LogP contribution in [0.25, 0.3) is 22.3 Å². The number of carbonyl (C=O) groups excluding carboxylic acids is 1. The summed E-state index contributed by atoms with van der Waals surface area (Å²) < 4.78 is 22.7. The number of hydrogen-bond acceptors (Lipinski definition) is 5. The number of nitrogens with zero attached hydrogens (tertiary/aromatic N) is 5. The average Bonchev–Trinajstić information content (AvgIpc) is 3.24. The van der Waals surface area contributed by atoms with Gasteiger partial charge in [0, 0.05) is 30.9 Å². The minimum atomic E-state index is -0.453. The van der Waals surface area contributed by atoms with Gasteiger partial charge in [0.05, 0.1) is 11.4 Å². The van der Waals surface area contributed by atoms with Crippen LogP contribution in [0.4, 0.5) is 4.39 Å². The predicted molar refractivity (Wildman–Crippen MR) is 122 cm³/mol. The Balaban J connectivity index is 1.50. The summed E-state index contributed by atoms with van der Waals surface area (Å²) in [5.41, 5.74) is 1.41. The van der Waals surface area contributed by atoms with Crippen molar-refractivity contribution in [1.82, 2.24) is 24.6 Å². The van der Waals surface area contributed by atoms with Crippen molar-refractivity contribution in [2.45, 2.75) is 18.9 Å². The van der Waals surface area contributed by atoms with E-state index in [4.69, 9.17) is 9.84 Å². The second kappa shape index (κ2) is 8.82. The summed E-state index contributed by atoms with van der Waals surface area (Å²) in [6.07, 6.45) is 6.10. The van der Waals surface area contributed by atoms with Gasteiger partial charge in [-0.2, -0.15) is 5.10 Å². The minimum Gasteiger partial charge on any atom is -0.457 e. The topological polar surface area (TPSA) is 73.1 Å². The van der Waals surface area contributed by atoms with Crippen LogP contribution in [0.3, 0.4) is 0 Å². The Morgan fingerprint density at radius 3 is 2.82 bits per heavy atom. The standard InChI is InChI=1S/C25H22FN5O2/c1-2-23(32)30-12-6-7-17(15-30)31-25-21(14-27-16-28-25)24(29-31)20-11-10-19(13-22(20)26)33-18-8-4-3-5-9-18/h2-5,8-11,13-14,16-17H,1,6-7,12,15H2/t17-/m1/s1. The predicted octanol–water partition coefficient (Wildman–Crippen LogP) is 4.77. The number of fused-ring (bicyclic) bond motifs is 1. The molecule has 1 amide bonds. The van der Waals surface area contributed by atoms with Gasteiger partial charge in [0.1, 0.15) is 29.3 Å². The lowest BCUT2D eigenvalue weighted by Crippen LogP contribution is -2.40. The van der Waals surface area contributed by atoms with Crippen LogP contribution >= 0.6 is 0 Å². The van der Waals surface area contributed by atoms with Gasteiger partial charge in [-0.1, -0.05) is 24.8 Å². The molecule has 1 saturated heterocycles. The molecule has 0 radical (unpaired) electrons. The Morgan fingerprint density at radius 2 is 2.03 bits per heavy atom. The van der Waals surface area contributed by atoms with Gasteiger partial charge in [-0.15, -0.1) is 0 Å². The number of carbonyl (C=O) groups is 1. The average molecular weight is 443 g/mol. The molecule has 1 aliphatic rings. The molecule has 0 aliphatic carbocycles. The highest BCUT2D eigenvalue weighted by atomic mass is 19.1. The summed E-state index contributed by atoms with van der Waals surface area (Å²) in [6, 6.07) is 13.9. The molecule has 1 atom stereocenters. The second-order valence-electron chi connectivity index (χ2n) is 7.89. The van der Waals surface area contributed by atoms with Crippen LogP contribution < -0.4 is 4.74 Å². The van der Waals surface area contributed by atoms with E-state index in [2.05, 4.69) is 16.5 Å². The Bertz CT molecular complexity index is 1320. The summed E-state index contributed by atoms with van der Waals surface area (Å²) in [7, 11) is 0. The first kappa shape index (κ1) is 20.8. The van der Waals surface area contributed by atoms with E-state index in [0.717, 1.165) is 12.8 Å². The maximum absolute atomic E-state index is 15.2. The van der Waals surface area contributed by atoms with Crippen molar-refractivity contribution in [1.29, 1.82) is 0 Å². The van der Waals surface area contributed by atoms with Crippen molar-refractivity contribution in [3.8, 4) is 22.8 Å². The molecular weight excluding hydrogens is 421 g/mol.